The Morgan fingerprint density at radius 2 is 2.00 bits per heavy atom. The van der Waals surface area contributed by atoms with Gasteiger partial charge in [-0.1, -0.05) is 6.07 Å². The van der Waals surface area contributed by atoms with Crippen molar-refractivity contribution < 1.29 is 14.1 Å². The number of nitro groups is 1. The Kier molecular flexibility index (Phi) is 4.07. The molecule has 0 bridgehead atoms. The van der Waals surface area contributed by atoms with Crippen molar-refractivity contribution >= 4 is 11.6 Å². The summed E-state index contributed by atoms with van der Waals surface area (Å²) >= 11 is 0. The van der Waals surface area contributed by atoms with E-state index in [2.05, 4.69) is 5.32 Å². The zero-order valence-corrected chi connectivity index (χ0v) is 12.0. The van der Waals surface area contributed by atoms with Gasteiger partial charge in [-0.15, -0.1) is 0 Å². The van der Waals surface area contributed by atoms with Crippen LogP contribution in [0.15, 0.2) is 34.7 Å². The molecule has 1 unspecified atom stereocenters. The van der Waals surface area contributed by atoms with E-state index in [0.29, 0.717) is 11.3 Å². The molecular formula is C15H16N2O4. The van der Waals surface area contributed by atoms with Crippen molar-refractivity contribution in [1.82, 2.24) is 5.32 Å². The van der Waals surface area contributed by atoms with Crippen LogP contribution < -0.4 is 5.32 Å². The first-order valence-corrected chi connectivity index (χ1v) is 6.50. The van der Waals surface area contributed by atoms with Gasteiger partial charge >= 0.3 is 0 Å². The Hall–Kier alpha value is -2.63. The molecule has 0 radical (unpaired) electrons. The molecule has 0 fully saturated rings. The van der Waals surface area contributed by atoms with Crippen LogP contribution in [0.5, 0.6) is 0 Å². The van der Waals surface area contributed by atoms with E-state index in [-0.39, 0.29) is 23.2 Å². The lowest BCUT2D eigenvalue weighted by molar-refractivity contribution is -0.385. The third-order valence-electron chi connectivity index (χ3n) is 3.20. The van der Waals surface area contributed by atoms with Gasteiger partial charge in [-0.3, -0.25) is 14.9 Å². The maximum Gasteiger partial charge on any atom is 0.273 e. The average Bonchev–Trinajstić information content (AvgIpc) is 2.85. The van der Waals surface area contributed by atoms with Gasteiger partial charge in [-0.25, -0.2) is 0 Å². The summed E-state index contributed by atoms with van der Waals surface area (Å²) in [6.07, 6.45) is 0. The first-order chi connectivity index (χ1) is 9.88. The number of benzene rings is 1. The van der Waals surface area contributed by atoms with Gasteiger partial charge < -0.3 is 9.73 Å². The molecule has 0 saturated carbocycles. The van der Waals surface area contributed by atoms with Crippen molar-refractivity contribution in [3.8, 4) is 0 Å². The minimum absolute atomic E-state index is 0.0656. The highest BCUT2D eigenvalue weighted by Gasteiger charge is 2.18. The number of carbonyl (C=O) groups excluding carboxylic acids is 1. The molecule has 2 aromatic rings. The van der Waals surface area contributed by atoms with E-state index in [4.69, 9.17) is 4.42 Å². The van der Waals surface area contributed by atoms with Gasteiger partial charge in [-0.05, 0) is 39.0 Å². The lowest BCUT2D eigenvalue weighted by atomic mass is 10.1. The van der Waals surface area contributed by atoms with Crippen LogP contribution in [-0.2, 0) is 0 Å². The van der Waals surface area contributed by atoms with Gasteiger partial charge in [0.1, 0.15) is 11.5 Å². The highest BCUT2D eigenvalue weighted by atomic mass is 16.6. The van der Waals surface area contributed by atoms with E-state index >= 15 is 0 Å². The molecule has 6 nitrogen and oxygen atoms in total. The molecule has 1 amide bonds. The molecule has 1 N–H and O–H groups in total. The van der Waals surface area contributed by atoms with Gasteiger partial charge in [-0.2, -0.15) is 0 Å². The monoisotopic (exact) mass is 288 g/mol. The number of hydrogen-bond donors (Lipinski definition) is 1. The fraction of sp³-hybridized carbons (Fsp3) is 0.267. The summed E-state index contributed by atoms with van der Waals surface area (Å²) < 4.78 is 5.44. The van der Waals surface area contributed by atoms with Crippen molar-refractivity contribution in [1.29, 1.82) is 0 Å². The van der Waals surface area contributed by atoms with Crippen molar-refractivity contribution in [2.75, 3.05) is 0 Å². The number of furan rings is 1. The fourth-order valence-corrected chi connectivity index (χ4v) is 1.98. The number of aryl methyl sites for hydroxylation is 2. The van der Waals surface area contributed by atoms with Crippen LogP contribution >= 0.6 is 0 Å². The van der Waals surface area contributed by atoms with Crippen LogP contribution in [0.3, 0.4) is 0 Å². The fourth-order valence-electron chi connectivity index (χ4n) is 1.98. The number of nitrogens with zero attached hydrogens (tertiary/aromatic N) is 1. The second kappa shape index (κ2) is 5.78. The van der Waals surface area contributed by atoms with Crippen molar-refractivity contribution in [3.63, 3.8) is 0 Å². The number of carbonyl (C=O) groups is 1. The van der Waals surface area contributed by atoms with E-state index in [0.717, 1.165) is 5.76 Å². The van der Waals surface area contributed by atoms with E-state index < -0.39 is 4.92 Å². The molecule has 21 heavy (non-hydrogen) atoms. The van der Waals surface area contributed by atoms with Gasteiger partial charge in [0, 0.05) is 17.2 Å². The molecule has 1 heterocycles. The summed E-state index contributed by atoms with van der Waals surface area (Å²) in [5, 5.41) is 13.7. The smallest absolute Gasteiger partial charge is 0.273 e. The van der Waals surface area contributed by atoms with Crippen LogP contribution in [0, 0.1) is 24.0 Å². The normalized spacial score (nSPS) is 12.0. The quantitative estimate of drug-likeness (QED) is 0.691. The van der Waals surface area contributed by atoms with Crippen molar-refractivity contribution in [2.24, 2.45) is 0 Å². The molecular weight excluding hydrogens is 272 g/mol. The predicted molar refractivity (Wildman–Crippen MR) is 77.2 cm³/mol. The van der Waals surface area contributed by atoms with Crippen LogP contribution in [0.4, 0.5) is 5.69 Å². The topological polar surface area (TPSA) is 85.4 Å². The van der Waals surface area contributed by atoms with Gasteiger partial charge in [0.15, 0.2) is 0 Å². The van der Waals surface area contributed by atoms with Gasteiger partial charge in [0.2, 0.25) is 0 Å². The zero-order chi connectivity index (χ0) is 15.6. The van der Waals surface area contributed by atoms with Crippen molar-refractivity contribution in [3.05, 3.63) is 63.1 Å². The Bertz CT molecular complexity index is 691. The Morgan fingerprint density at radius 1 is 1.29 bits per heavy atom. The molecule has 110 valence electrons. The maximum atomic E-state index is 12.1. The molecule has 0 spiro atoms. The molecule has 1 atom stereocenters. The summed E-state index contributed by atoms with van der Waals surface area (Å²) in [7, 11) is 0. The van der Waals surface area contributed by atoms with Crippen LogP contribution in [0.2, 0.25) is 0 Å². The van der Waals surface area contributed by atoms with Crippen LogP contribution in [0.1, 0.15) is 40.4 Å². The van der Waals surface area contributed by atoms with Crippen LogP contribution in [-0.4, -0.2) is 10.8 Å². The summed E-state index contributed by atoms with van der Waals surface area (Å²) in [6, 6.07) is 7.70. The molecule has 0 aliphatic rings. The zero-order valence-electron chi connectivity index (χ0n) is 12.0. The molecule has 0 aliphatic carbocycles. The Balaban J connectivity index is 2.17. The van der Waals surface area contributed by atoms with E-state index in [9.17, 15) is 14.9 Å². The standard InChI is InChI=1S/C15H16N2O4/c1-9-4-6-12(8-13(9)17(19)20)15(18)16-11(3)14-7-5-10(2)21-14/h4-8,11H,1-3H3,(H,16,18). The third kappa shape index (κ3) is 3.28. The average molecular weight is 288 g/mol. The van der Waals surface area contributed by atoms with Gasteiger partial charge in [0.25, 0.3) is 11.6 Å². The first-order valence-electron chi connectivity index (χ1n) is 6.50. The van der Waals surface area contributed by atoms with E-state index in [1.54, 1.807) is 32.0 Å². The summed E-state index contributed by atoms with van der Waals surface area (Å²) in [6.45, 7) is 5.24. The van der Waals surface area contributed by atoms with E-state index in [1.165, 1.54) is 6.07 Å². The Morgan fingerprint density at radius 3 is 2.57 bits per heavy atom. The third-order valence-corrected chi connectivity index (χ3v) is 3.20. The van der Waals surface area contributed by atoms with Crippen molar-refractivity contribution in [2.45, 2.75) is 26.8 Å². The number of nitro benzene ring substituents is 1. The minimum atomic E-state index is -0.495. The second-order valence-corrected chi connectivity index (χ2v) is 4.90. The maximum absolute atomic E-state index is 12.1. The molecule has 0 saturated heterocycles. The minimum Gasteiger partial charge on any atom is -0.464 e. The lowest BCUT2D eigenvalue weighted by Gasteiger charge is -2.11. The summed E-state index contributed by atoms with van der Waals surface area (Å²) in [5.41, 5.74) is 0.706. The predicted octanol–water partition coefficient (Wildman–Crippen LogP) is 3.30. The number of amides is 1. The molecule has 0 aliphatic heterocycles. The SMILES string of the molecule is Cc1ccc(C(C)NC(=O)c2ccc(C)c([N+](=O)[O-])c2)o1. The highest BCUT2D eigenvalue weighted by Crippen LogP contribution is 2.20. The molecule has 1 aromatic carbocycles. The number of nitrogens with one attached hydrogen (secondary N) is 1. The summed E-state index contributed by atoms with van der Waals surface area (Å²) in [4.78, 5) is 22.6. The van der Waals surface area contributed by atoms with E-state index in [1.807, 2.05) is 13.0 Å². The van der Waals surface area contributed by atoms with Crippen LogP contribution in [0.25, 0.3) is 0 Å². The lowest BCUT2D eigenvalue weighted by Crippen LogP contribution is -2.26. The summed E-state index contributed by atoms with van der Waals surface area (Å²) in [5.74, 6) is 1.03. The number of hydrogen-bond acceptors (Lipinski definition) is 4. The highest BCUT2D eigenvalue weighted by molar-refractivity contribution is 5.95. The largest absolute Gasteiger partial charge is 0.464 e. The molecule has 2 rings (SSSR count). The first kappa shape index (κ1) is 14.8. The van der Waals surface area contributed by atoms with Gasteiger partial charge in [0.05, 0.1) is 11.0 Å². The second-order valence-electron chi connectivity index (χ2n) is 4.90. The Labute approximate surface area is 121 Å². The number of rotatable bonds is 4. The molecule has 1 aromatic heterocycles. The molecule has 6 heteroatoms.